The number of rotatable bonds is 6. The SMILES string of the molecule is CC(C)NCC(C)(CN1CCN(C)CC1)c1ccccc1. The van der Waals surface area contributed by atoms with E-state index in [9.17, 15) is 0 Å². The van der Waals surface area contributed by atoms with Crippen LogP contribution in [0.25, 0.3) is 0 Å². The fourth-order valence-electron chi connectivity index (χ4n) is 3.02. The van der Waals surface area contributed by atoms with Crippen molar-refractivity contribution in [3.8, 4) is 0 Å². The van der Waals surface area contributed by atoms with Crippen LogP contribution in [-0.4, -0.2) is 62.2 Å². The molecule has 0 spiro atoms. The lowest BCUT2D eigenvalue weighted by molar-refractivity contribution is 0.127. The highest BCUT2D eigenvalue weighted by atomic mass is 15.2. The molecule has 1 aliphatic rings. The van der Waals surface area contributed by atoms with Gasteiger partial charge in [0.15, 0.2) is 0 Å². The molecule has 118 valence electrons. The van der Waals surface area contributed by atoms with Crippen LogP contribution in [0.4, 0.5) is 0 Å². The molecule has 1 heterocycles. The molecule has 1 saturated heterocycles. The number of piperazine rings is 1. The van der Waals surface area contributed by atoms with Crippen molar-refractivity contribution < 1.29 is 0 Å². The second kappa shape index (κ2) is 7.39. The third kappa shape index (κ3) is 4.80. The summed E-state index contributed by atoms with van der Waals surface area (Å²) in [5.74, 6) is 0. The number of hydrogen-bond acceptors (Lipinski definition) is 3. The maximum Gasteiger partial charge on any atom is 0.0177 e. The van der Waals surface area contributed by atoms with Gasteiger partial charge in [0.25, 0.3) is 0 Å². The third-order valence-corrected chi connectivity index (χ3v) is 4.54. The van der Waals surface area contributed by atoms with Gasteiger partial charge in [-0.2, -0.15) is 0 Å². The van der Waals surface area contributed by atoms with E-state index in [2.05, 4.69) is 73.3 Å². The Bertz CT molecular complexity index is 410. The molecule has 0 bridgehead atoms. The second-order valence-electron chi connectivity index (χ2n) is 7.04. The minimum atomic E-state index is 0.168. The molecular weight excluding hydrogens is 258 g/mol. The molecule has 1 N–H and O–H groups in total. The van der Waals surface area contributed by atoms with Crippen LogP contribution in [0, 0.1) is 0 Å². The fourth-order valence-corrected chi connectivity index (χ4v) is 3.02. The summed E-state index contributed by atoms with van der Waals surface area (Å²) in [6, 6.07) is 11.5. The Morgan fingerprint density at radius 1 is 1.10 bits per heavy atom. The quantitative estimate of drug-likeness (QED) is 0.866. The lowest BCUT2D eigenvalue weighted by Crippen LogP contribution is -2.52. The molecule has 21 heavy (non-hydrogen) atoms. The number of hydrogen-bond donors (Lipinski definition) is 1. The molecule has 0 saturated carbocycles. The average Bonchev–Trinajstić information content (AvgIpc) is 2.49. The summed E-state index contributed by atoms with van der Waals surface area (Å²) in [5, 5.41) is 3.65. The standard InChI is InChI=1S/C18H31N3/c1-16(2)19-14-18(3,17-8-6-5-7-9-17)15-21-12-10-20(4)11-13-21/h5-9,16,19H,10-15H2,1-4H3. The summed E-state index contributed by atoms with van der Waals surface area (Å²) in [7, 11) is 2.22. The van der Waals surface area contributed by atoms with Gasteiger partial charge >= 0.3 is 0 Å². The van der Waals surface area contributed by atoms with Crippen molar-refractivity contribution in [3.05, 3.63) is 35.9 Å². The van der Waals surface area contributed by atoms with Crippen molar-refractivity contribution in [1.29, 1.82) is 0 Å². The van der Waals surface area contributed by atoms with Crippen LogP contribution in [0.5, 0.6) is 0 Å². The second-order valence-corrected chi connectivity index (χ2v) is 7.04. The molecular formula is C18H31N3. The monoisotopic (exact) mass is 289 g/mol. The van der Waals surface area contributed by atoms with Gasteiger partial charge in [0.1, 0.15) is 0 Å². The zero-order chi connectivity index (χ0) is 15.3. The molecule has 0 aromatic heterocycles. The summed E-state index contributed by atoms with van der Waals surface area (Å²) >= 11 is 0. The summed E-state index contributed by atoms with van der Waals surface area (Å²) in [6.45, 7) is 13.7. The largest absolute Gasteiger partial charge is 0.314 e. The predicted octanol–water partition coefficient (Wildman–Crippen LogP) is 2.19. The smallest absolute Gasteiger partial charge is 0.0177 e. The van der Waals surface area contributed by atoms with Gasteiger partial charge in [-0.3, -0.25) is 4.90 Å². The van der Waals surface area contributed by atoms with Crippen LogP contribution in [0.15, 0.2) is 30.3 Å². The normalized spacial score (nSPS) is 20.6. The van der Waals surface area contributed by atoms with Gasteiger partial charge in [-0.15, -0.1) is 0 Å². The van der Waals surface area contributed by atoms with Gasteiger partial charge in [-0.25, -0.2) is 0 Å². The van der Waals surface area contributed by atoms with Crippen molar-refractivity contribution in [1.82, 2.24) is 15.1 Å². The van der Waals surface area contributed by atoms with E-state index in [1.807, 2.05) is 0 Å². The van der Waals surface area contributed by atoms with Crippen LogP contribution in [-0.2, 0) is 5.41 Å². The fraction of sp³-hybridized carbons (Fsp3) is 0.667. The van der Waals surface area contributed by atoms with Crippen LogP contribution < -0.4 is 5.32 Å². The molecule has 1 aromatic carbocycles. The van der Waals surface area contributed by atoms with Crippen molar-refractivity contribution in [2.45, 2.75) is 32.2 Å². The van der Waals surface area contributed by atoms with E-state index < -0.39 is 0 Å². The lowest BCUT2D eigenvalue weighted by Gasteiger charge is -2.40. The summed E-state index contributed by atoms with van der Waals surface area (Å²) in [6.07, 6.45) is 0. The van der Waals surface area contributed by atoms with Crippen molar-refractivity contribution in [2.24, 2.45) is 0 Å². The van der Waals surface area contributed by atoms with Gasteiger partial charge in [0.05, 0.1) is 0 Å². The zero-order valence-corrected chi connectivity index (χ0v) is 14.1. The molecule has 1 fully saturated rings. The Morgan fingerprint density at radius 3 is 2.29 bits per heavy atom. The number of nitrogens with zero attached hydrogens (tertiary/aromatic N) is 2. The van der Waals surface area contributed by atoms with Gasteiger partial charge in [0, 0.05) is 50.7 Å². The average molecular weight is 289 g/mol. The molecule has 1 aliphatic heterocycles. The van der Waals surface area contributed by atoms with Crippen LogP contribution in [0.1, 0.15) is 26.3 Å². The first-order chi connectivity index (χ1) is 9.99. The number of benzene rings is 1. The Balaban J connectivity index is 2.08. The summed E-state index contributed by atoms with van der Waals surface area (Å²) in [5.41, 5.74) is 1.61. The van der Waals surface area contributed by atoms with Gasteiger partial charge < -0.3 is 10.2 Å². The first kappa shape index (κ1) is 16.5. The van der Waals surface area contributed by atoms with Crippen molar-refractivity contribution in [2.75, 3.05) is 46.3 Å². The molecule has 3 heteroatoms. The van der Waals surface area contributed by atoms with Gasteiger partial charge in [-0.05, 0) is 12.6 Å². The van der Waals surface area contributed by atoms with E-state index >= 15 is 0 Å². The van der Waals surface area contributed by atoms with Gasteiger partial charge in [-0.1, -0.05) is 51.1 Å². The third-order valence-electron chi connectivity index (χ3n) is 4.54. The Kier molecular flexibility index (Phi) is 5.80. The summed E-state index contributed by atoms with van der Waals surface area (Å²) < 4.78 is 0. The van der Waals surface area contributed by atoms with E-state index in [-0.39, 0.29) is 5.41 Å². The van der Waals surface area contributed by atoms with Crippen LogP contribution in [0.2, 0.25) is 0 Å². The van der Waals surface area contributed by atoms with Crippen LogP contribution in [0.3, 0.4) is 0 Å². The first-order valence-corrected chi connectivity index (χ1v) is 8.19. The maximum absolute atomic E-state index is 3.65. The number of likely N-dealkylation sites (N-methyl/N-ethyl adjacent to an activating group) is 1. The first-order valence-electron chi connectivity index (χ1n) is 8.19. The van der Waals surface area contributed by atoms with E-state index in [1.54, 1.807) is 0 Å². The van der Waals surface area contributed by atoms with E-state index in [0.29, 0.717) is 6.04 Å². The topological polar surface area (TPSA) is 18.5 Å². The highest BCUT2D eigenvalue weighted by Gasteiger charge is 2.30. The summed E-state index contributed by atoms with van der Waals surface area (Å²) in [4.78, 5) is 5.04. The van der Waals surface area contributed by atoms with E-state index in [0.717, 1.165) is 13.1 Å². The number of nitrogens with one attached hydrogen (secondary N) is 1. The molecule has 1 aromatic rings. The maximum atomic E-state index is 3.65. The van der Waals surface area contributed by atoms with E-state index in [1.165, 1.54) is 31.7 Å². The molecule has 3 nitrogen and oxygen atoms in total. The minimum Gasteiger partial charge on any atom is -0.314 e. The highest BCUT2D eigenvalue weighted by Crippen LogP contribution is 2.25. The van der Waals surface area contributed by atoms with Gasteiger partial charge in [0.2, 0.25) is 0 Å². The molecule has 0 amide bonds. The van der Waals surface area contributed by atoms with Crippen LogP contribution >= 0.6 is 0 Å². The zero-order valence-electron chi connectivity index (χ0n) is 14.1. The van der Waals surface area contributed by atoms with E-state index in [4.69, 9.17) is 0 Å². The predicted molar refractivity (Wildman–Crippen MR) is 90.9 cm³/mol. The lowest BCUT2D eigenvalue weighted by atomic mass is 9.81. The molecule has 0 radical (unpaired) electrons. The van der Waals surface area contributed by atoms with Crippen molar-refractivity contribution in [3.63, 3.8) is 0 Å². The Morgan fingerprint density at radius 2 is 1.71 bits per heavy atom. The Labute approximate surface area is 130 Å². The highest BCUT2D eigenvalue weighted by molar-refractivity contribution is 5.25. The van der Waals surface area contributed by atoms with Crippen molar-refractivity contribution >= 4 is 0 Å². The molecule has 1 unspecified atom stereocenters. The minimum absolute atomic E-state index is 0.168. The molecule has 2 rings (SSSR count). The molecule has 1 atom stereocenters. The molecule has 0 aliphatic carbocycles. The Hall–Kier alpha value is -0.900.